The summed E-state index contributed by atoms with van der Waals surface area (Å²) >= 11 is 0. The summed E-state index contributed by atoms with van der Waals surface area (Å²) in [5.74, 6) is 0.508. The maximum atomic E-state index is 13.5. The molecule has 1 heterocycles. The molecule has 2 atom stereocenters. The first kappa shape index (κ1) is 9.93. The minimum absolute atomic E-state index is 0.146. The van der Waals surface area contributed by atoms with E-state index in [1.165, 1.54) is 0 Å². The lowest BCUT2D eigenvalue weighted by atomic mass is 9.93. The summed E-state index contributed by atoms with van der Waals surface area (Å²) in [4.78, 5) is 2.25. The number of likely N-dealkylation sites (tertiary alicyclic amines) is 1. The van der Waals surface area contributed by atoms with Crippen LogP contribution in [0.3, 0.4) is 0 Å². The van der Waals surface area contributed by atoms with Crippen LogP contribution in [0.15, 0.2) is 0 Å². The molecule has 12 heavy (non-hydrogen) atoms. The van der Waals surface area contributed by atoms with Gasteiger partial charge in [0.1, 0.15) is 5.67 Å². The van der Waals surface area contributed by atoms with Crippen LogP contribution >= 0.6 is 0 Å². The fourth-order valence-electron chi connectivity index (χ4n) is 1.88. The summed E-state index contributed by atoms with van der Waals surface area (Å²) in [6.45, 7) is 3.88. The first-order chi connectivity index (χ1) is 5.53. The van der Waals surface area contributed by atoms with Gasteiger partial charge in [0.05, 0.1) is 0 Å². The molecular weight excluding hydrogens is 155 g/mol. The van der Waals surface area contributed by atoms with Gasteiger partial charge in [0.15, 0.2) is 0 Å². The molecule has 0 aromatic heterocycles. The van der Waals surface area contributed by atoms with E-state index in [9.17, 15) is 4.39 Å². The molecule has 1 fully saturated rings. The lowest BCUT2D eigenvalue weighted by Crippen LogP contribution is -2.32. The van der Waals surface area contributed by atoms with E-state index in [2.05, 4.69) is 11.9 Å². The third-order valence-electron chi connectivity index (χ3n) is 2.63. The highest BCUT2D eigenvalue weighted by Gasteiger charge is 2.29. The molecule has 0 aliphatic carbocycles. The van der Waals surface area contributed by atoms with Crippen LogP contribution in [-0.4, -0.2) is 37.3 Å². The topological polar surface area (TPSA) is 29.3 Å². The smallest absolute Gasteiger partial charge is 0.120 e. The highest BCUT2D eigenvalue weighted by Crippen LogP contribution is 2.26. The second kappa shape index (κ2) is 3.71. The average Bonchev–Trinajstić information content (AvgIpc) is 2.35. The van der Waals surface area contributed by atoms with Gasteiger partial charge in [-0.2, -0.15) is 0 Å². The Kier molecular flexibility index (Phi) is 3.07. The molecule has 1 aliphatic heterocycles. The van der Waals surface area contributed by atoms with Gasteiger partial charge in [-0.25, -0.2) is 4.39 Å². The van der Waals surface area contributed by atoms with E-state index in [1.807, 2.05) is 0 Å². The van der Waals surface area contributed by atoms with E-state index in [4.69, 9.17) is 5.73 Å². The van der Waals surface area contributed by atoms with Gasteiger partial charge in [-0.3, -0.25) is 0 Å². The lowest BCUT2D eigenvalue weighted by Gasteiger charge is -2.21. The molecular formula is C9H19FN2. The third-order valence-corrected chi connectivity index (χ3v) is 2.63. The predicted molar refractivity (Wildman–Crippen MR) is 48.8 cm³/mol. The minimum atomic E-state index is -1.16. The largest absolute Gasteiger partial charge is 0.328 e. The van der Waals surface area contributed by atoms with Crippen LogP contribution in [-0.2, 0) is 0 Å². The Balaban J connectivity index is 2.32. The van der Waals surface area contributed by atoms with Crippen molar-refractivity contribution in [1.82, 2.24) is 4.90 Å². The van der Waals surface area contributed by atoms with Gasteiger partial charge in [-0.1, -0.05) is 0 Å². The Morgan fingerprint density at radius 1 is 1.67 bits per heavy atom. The van der Waals surface area contributed by atoms with Crippen molar-refractivity contribution in [2.75, 3.05) is 26.7 Å². The van der Waals surface area contributed by atoms with Gasteiger partial charge in [0.2, 0.25) is 0 Å². The third kappa shape index (κ3) is 2.72. The molecule has 0 bridgehead atoms. The van der Waals surface area contributed by atoms with E-state index in [0.717, 1.165) is 19.5 Å². The first-order valence-corrected chi connectivity index (χ1v) is 4.61. The molecule has 3 heteroatoms. The number of alkyl halides is 1. The summed E-state index contributed by atoms with van der Waals surface area (Å²) in [5, 5.41) is 0. The predicted octanol–water partition coefficient (Wildman–Crippen LogP) is 1.02. The molecule has 0 radical (unpaired) electrons. The van der Waals surface area contributed by atoms with Crippen LogP contribution in [0.5, 0.6) is 0 Å². The molecule has 2 nitrogen and oxygen atoms in total. The summed E-state index contributed by atoms with van der Waals surface area (Å²) in [7, 11) is 2.08. The normalized spacial score (nSPS) is 30.5. The number of halogens is 1. The summed E-state index contributed by atoms with van der Waals surface area (Å²) in [5.41, 5.74) is 4.17. The van der Waals surface area contributed by atoms with Crippen molar-refractivity contribution in [3.05, 3.63) is 0 Å². The Bertz CT molecular complexity index is 147. The second-order valence-corrected chi connectivity index (χ2v) is 4.24. The molecule has 0 saturated carbocycles. The lowest BCUT2D eigenvalue weighted by molar-refractivity contribution is 0.156. The van der Waals surface area contributed by atoms with Crippen LogP contribution in [0.25, 0.3) is 0 Å². The molecule has 1 saturated heterocycles. The average molecular weight is 174 g/mol. The Labute approximate surface area is 73.9 Å². The van der Waals surface area contributed by atoms with Gasteiger partial charge in [0.25, 0.3) is 0 Å². The Morgan fingerprint density at radius 2 is 2.33 bits per heavy atom. The fourth-order valence-corrected chi connectivity index (χ4v) is 1.88. The first-order valence-electron chi connectivity index (χ1n) is 4.61. The number of nitrogens with zero attached hydrogens (tertiary/aromatic N) is 1. The van der Waals surface area contributed by atoms with E-state index in [-0.39, 0.29) is 6.54 Å². The summed E-state index contributed by atoms with van der Waals surface area (Å²) < 4.78 is 13.5. The molecule has 2 N–H and O–H groups in total. The molecule has 72 valence electrons. The number of hydrogen-bond acceptors (Lipinski definition) is 2. The zero-order valence-electron chi connectivity index (χ0n) is 8.02. The van der Waals surface area contributed by atoms with Crippen molar-refractivity contribution in [3.63, 3.8) is 0 Å². The molecule has 1 aliphatic rings. The van der Waals surface area contributed by atoms with Crippen molar-refractivity contribution < 1.29 is 4.39 Å². The van der Waals surface area contributed by atoms with Crippen LogP contribution in [0.2, 0.25) is 0 Å². The summed E-state index contributed by atoms with van der Waals surface area (Å²) in [6.07, 6.45) is 1.74. The minimum Gasteiger partial charge on any atom is -0.328 e. The molecule has 0 amide bonds. The maximum Gasteiger partial charge on any atom is 0.120 e. The number of nitrogens with two attached hydrogens (primary N) is 1. The van der Waals surface area contributed by atoms with Crippen molar-refractivity contribution in [3.8, 4) is 0 Å². The highest BCUT2D eigenvalue weighted by atomic mass is 19.1. The van der Waals surface area contributed by atoms with E-state index >= 15 is 0 Å². The number of hydrogen-bond donors (Lipinski definition) is 1. The van der Waals surface area contributed by atoms with Crippen molar-refractivity contribution in [2.45, 2.75) is 25.4 Å². The van der Waals surface area contributed by atoms with E-state index in [0.29, 0.717) is 12.3 Å². The van der Waals surface area contributed by atoms with E-state index < -0.39 is 5.67 Å². The second-order valence-electron chi connectivity index (χ2n) is 4.24. The molecule has 0 spiro atoms. The molecule has 1 rings (SSSR count). The van der Waals surface area contributed by atoms with Gasteiger partial charge in [0, 0.05) is 13.1 Å². The van der Waals surface area contributed by atoms with Gasteiger partial charge < -0.3 is 10.6 Å². The quantitative estimate of drug-likeness (QED) is 0.692. The highest BCUT2D eigenvalue weighted by molar-refractivity contribution is 4.83. The van der Waals surface area contributed by atoms with Gasteiger partial charge in [-0.05, 0) is 39.3 Å². The van der Waals surface area contributed by atoms with Gasteiger partial charge in [-0.15, -0.1) is 0 Å². The summed E-state index contributed by atoms with van der Waals surface area (Å²) in [6, 6.07) is 0. The maximum absolute atomic E-state index is 13.5. The molecule has 0 aromatic carbocycles. The van der Waals surface area contributed by atoms with Crippen LogP contribution in [0.4, 0.5) is 4.39 Å². The zero-order chi connectivity index (χ0) is 9.19. The molecule has 0 aromatic rings. The Morgan fingerprint density at radius 3 is 2.75 bits per heavy atom. The zero-order valence-corrected chi connectivity index (χ0v) is 8.02. The molecule has 2 unspecified atom stereocenters. The fraction of sp³-hybridized carbons (Fsp3) is 1.00. The van der Waals surface area contributed by atoms with Crippen molar-refractivity contribution >= 4 is 0 Å². The van der Waals surface area contributed by atoms with Crippen LogP contribution < -0.4 is 5.73 Å². The van der Waals surface area contributed by atoms with Crippen LogP contribution in [0.1, 0.15) is 19.8 Å². The van der Waals surface area contributed by atoms with Crippen molar-refractivity contribution in [2.24, 2.45) is 11.7 Å². The monoisotopic (exact) mass is 174 g/mol. The Hall–Kier alpha value is -0.150. The van der Waals surface area contributed by atoms with Crippen LogP contribution in [0, 0.1) is 5.92 Å². The SMILES string of the molecule is CN1CCC(CC(C)(F)CN)C1. The van der Waals surface area contributed by atoms with Gasteiger partial charge >= 0.3 is 0 Å². The van der Waals surface area contributed by atoms with E-state index in [1.54, 1.807) is 6.92 Å². The number of rotatable bonds is 3. The standard InChI is InChI=1S/C9H19FN2/c1-9(10,7-11)5-8-3-4-12(2)6-8/h8H,3-7,11H2,1-2H3. The van der Waals surface area contributed by atoms with Crippen molar-refractivity contribution in [1.29, 1.82) is 0 Å².